The predicted octanol–water partition coefficient (Wildman–Crippen LogP) is 7.71. The summed E-state index contributed by atoms with van der Waals surface area (Å²) in [5.41, 5.74) is 11.9. The van der Waals surface area contributed by atoms with Gasteiger partial charge in [-0.3, -0.25) is 0 Å². The first kappa shape index (κ1) is 18.4. The molecule has 2 N–H and O–H groups in total. The number of hydrogen-bond donors (Lipinski definition) is 1. The highest BCUT2D eigenvalue weighted by Gasteiger charge is 2.12. The van der Waals surface area contributed by atoms with Crippen molar-refractivity contribution in [3.63, 3.8) is 0 Å². The van der Waals surface area contributed by atoms with Crippen LogP contribution in [-0.2, 0) is 0 Å². The average molecular weight is 405 g/mol. The van der Waals surface area contributed by atoms with Gasteiger partial charge in [0.1, 0.15) is 0 Å². The molecule has 0 aliphatic carbocycles. The van der Waals surface area contributed by atoms with E-state index >= 15 is 0 Å². The van der Waals surface area contributed by atoms with Gasteiger partial charge < -0.3 is 10.6 Å². The lowest BCUT2D eigenvalue weighted by molar-refractivity contribution is 1.28. The Morgan fingerprint density at radius 2 is 0.786 bits per heavy atom. The van der Waals surface area contributed by atoms with Crippen LogP contribution in [0.1, 0.15) is 0 Å². The fraction of sp³-hybridized carbons (Fsp3) is 0. The van der Waals surface area contributed by atoms with E-state index in [0.717, 1.165) is 33.9 Å². The van der Waals surface area contributed by atoms with Crippen LogP contribution >= 0.6 is 23.2 Å². The molecule has 0 bridgehead atoms. The Bertz CT molecular complexity index is 1010. The molecule has 0 aliphatic heterocycles. The summed E-state index contributed by atoms with van der Waals surface area (Å²) in [5, 5.41) is 1.41. The standard InChI is InChI=1S/C24H18Cl2N2/c25-19-5-13-23(14-6-19)28(24-15-7-20(26)8-16-24)22-11-3-18(4-12-22)17-1-9-21(27)10-2-17/h1-16H,27H2. The van der Waals surface area contributed by atoms with Crippen LogP contribution in [0.25, 0.3) is 11.1 Å². The van der Waals surface area contributed by atoms with Crippen molar-refractivity contribution >= 4 is 46.0 Å². The second-order valence-electron chi connectivity index (χ2n) is 6.46. The molecular weight excluding hydrogens is 387 g/mol. The van der Waals surface area contributed by atoms with Crippen LogP contribution in [0, 0.1) is 0 Å². The number of halogens is 2. The van der Waals surface area contributed by atoms with E-state index in [2.05, 4.69) is 29.2 Å². The van der Waals surface area contributed by atoms with Crippen molar-refractivity contribution in [2.75, 3.05) is 10.6 Å². The SMILES string of the molecule is Nc1ccc(-c2ccc(N(c3ccc(Cl)cc3)c3ccc(Cl)cc3)cc2)cc1. The third kappa shape index (κ3) is 3.99. The molecule has 0 aliphatic rings. The van der Waals surface area contributed by atoms with Crippen molar-refractivity contribution in [1.29, 1.82) is 0 Å². The van der Waals surface area contributed by atoms with Crippen molar-refractivity contribution in [2.24, 2.45) is 0 Å². The van der Waals surface area contributed by atoms with Gasteiger partial charge in [0.25, 0.3) is 0 Å². The third-order valence-corrected chi connectivity index (χ3v) is 5.04. The maximum atomic E-state index is 6.08. The fourth-order valence-electron chi connectivity index (χ4n) is 3.11. The molecule has 0 saturated carbocycles. The molecule has 0 amide bonds. The smallest absolute Gasteiger partial charge is 0.0462 e. The first-order valence-electron chi connectivity index (χ1n) is 8.87. The molecule has 138 valence electrons. The molecule has 4 heteroatoms. The largest absolute Gasteiger partial charge is 0.399 e. The van der Waals surface area contributed by atoms with E-state index in [-0.39, 0.29) is 0 Å². The second-order valence-corrected chi connectivity index (χ2v) is 7.33. The molecule has 28 heavy (non-hydrogen) atoms. The third-order valence-electron chi connectivity index (χ3n) is 4.54. The lowest BCUT2D eigenvalue weighted by Crippen LogP contribution is -2.09. The Morgan fingerprint density at radius 3 is 1.18 bits per heavy atom. The van der Waals surface area contributed by atoms with Crippen LogP contribution in [0.4, 0.5) is 22.7 Å². The predicted molar refractivity (Wildman–Crippen MR) is 121 cm³/mol. The summed E-state index contributed by atoms with van der Waals surface area (Å²) in [5.74, 6) is 0. The van der Waals surface area contributed by atoms with E-state index in [4.69, 9.17) is 28.9 Å². The van der Waals surface area contributed by atoms with E-state index in [1.54, 1.807) is 0 Å². The van der Waals surface area contributed by atoms with Gasteiger partial charge >= 0.3 is 0 Å². The lowest BCUT2D eigenvalue weighted by atomic mass is 10.0. The van der Waals surface area contributed by atoms with E-state index in [1.807, 2.05) is 72.8 Å². The number of anilines is 4. The topological polar surface area (TPSA) is 29.3 Å². The summed E-state index contributed by atoms with van der Waals surface area (Å²) >= 11 is 12.2. The summed E-state index contributed by atoms with van der Waals surface area (Å²) < 4.78 is 0. The number of benzene rings is 4. The van der Waals surface area contributed by atoms with E-state index < -0.39 is 0 Å². The Hall–Kier alpha value is -2.94. The summed E-state index contributed by atoms with van der Waals surface area (Å²) in [4.78, 5) is 2.17. The van der Waals surface area contributed by atoms with E-state index in [1.165, 1.54) is 0 Å². The van der Waals surface area contributed by atoms with Crippen molar-refractivity contribution < 1.29 is 0 Å². The van der Waals surface area contributed by atoms with Gasteiger partial charge in [0.15, 0.2) is 0 Å². The summed E-state index contributed by atoms with van der Waals surface area (Å²) in [6.07, 6.45) is 0. The van der Waals surface area contributed by atoms with Gasteiger partial charge in [-0.2, -0.15) is 0 Å². The number of nitrogens with zero attached hydrogens (tertiary/aromatic N) is 1. The Morgan fingerprint density at radius 1 is 0.464 bits per heavy atom. The Kier molecular flexibility index (Phi) is 5.25. The zero-order valence-corrected chi connectivity index (χ0v) is 16.5. The molecular formula is C24H18Cl2N2. The van der Waals surface area contributed by atoms with Gasteiger partial charge in [-0.05, 0) is 83.9 Å². The van der Waals surface area contributed by atoms with Crippen LogP contribution < -0.4 is 10.6 Å². The molecule has 0 heterocycles. The highest BCUT2D eigenvalue weighted by Crippen LogP contribution is 2.36. The molecule has 2 nitrogen and oxygen atoms in total. The lowest BCUT2D eigenvalue weighted by Gasteiger charge is -2.25. The van der Waals surface area contributed by atoms with Gasteiger partial charge in [-0.25, -0.2) is 0 Å². The van der Waals surface area contributed by atoms with Gasteiger partial charge in [0, 0.05) is 32.8 Å². The number of rotatable bonds is 4. The Balaban J connectivity index is 1.74. The van der Waals surface area contributed by atoms with Gasteiger partial charge in [0.2, 0.25) is 0 Å². The maximum Gasteiger partial charge on any atom is 0.0462 e. The maximum absolute atomic E-state index is 6.08. The molecule has 0 aromatic heterocycles. The molecule has 0 radical (unpaired) electrons. The highest BCUT2D eigenvalue weighted by atomic mass is 35.5. The normalized spacial score (nSPS) is 10.6. The zero-order valence-electron chi connectivity index (χ0n) is 15.0. The first-order valence-corrected chi connectivity index (χ1v) is 9.63. The molecule has 4 aromatic carbocycles. The molecule has 4 rings (SSSR count). The summed E-state index contributed by atoms with van der Waals surface area (Å²) in [7, 11) is 0. The average Bonchev–Trinajstić information content (AvgIpc) is 2.72. The number of hydrogen-bond acceptors (Lipinski definition) is 2. The first-order chi connectivity index (χ1) is 13.6. The number of nitrogen functional groups attached to an aromatic ring is 1. The number of nitrogens with two attached hydrogens (primary N) is 1. The molecule has 4 aromatic rings. The van der Waals surface area contributed by atoms with Gasteiger partial charge in [-0.1, -0.05) is 47.5 Å². The molecule has 0 fully saturated rings. The molecule has 0 saturated heterocycles. The van der Waals surface area contributed by atoms with Crippen LogP contribution in [-0.4, -0.2) is 0 Å². The Labute approximate surface area is 174 Å². The molecule has 0 atom stereocenters. The van der Waals surface area contributed by atoms with E-state index in [9.17, 15) is 0 Å². The van der Waals surface area contributed by atoms with Crippen molar-refractivity contribution in [3.8, 4) is 11.1 Å². The van der Waals surface area contributed by atoms with Crippen molar-refractivity contribution in [1.82, 2.24) is 0 Å². The summed E-state index contributed by atoms with van der Waals surface area (Å²) in [6, 6.07) is 31.9. The zero-order chi connectivity index (χ0) is 19.5. The van der Waals surface area contributed by atoms with Gasteiger partial charge in [-0.15, -0.1) is 0 Å². The highest BCUT2D eigenvalue weighted by molar-refractivity contribution is 6.31. The van der Waals surface area contributed by atoms with Crippen LogP contribution in [0.2, 0.25) is 10.0 Å². The minimum atomic E-state index is 0.707. The summed E-state index contributed by atoms with van der Waals surface area (Å²) in [6.45, 7) is 0. The minimum absolute atomic E-state index is 0.707. The monoisotopic (exact) mass is 404 g/mol. The van der Waals surface area contributed by atoms with Crippen molar-refractivity contribution in [3.05, 3.63) is 107 Å². The fourth-order valence-corrected chi connectivity index (χ4v) is 3.36. The van der Waals surface area contributed by atoms with Crippen LogP contribution in [0.3, 0.4) is 0 Å². The quantitative estimate of drug-likeness (QED) is 0.352. The van der Waals surface area contributed by atoms with E-state index in [0.29, 0.717) is 10.0 Å². The second kappa shape index (κ2) is 7.97. The van der Waals surface area contributed by atoms with Gasteiger partial charge in [0.05, 0.1) is 0 Å². The molecule has 0 spiro atoms. The molecule has 0 unspecified atom stereocenters. The van der Waals surface area contributed by atoms with Crippen molar-refractivity contribution in [2.45, 2.75) is 0 Å². The van der Waals surface area contributed by atoms with Crippen LogP contribution in [0.15, 0.2) is 97.1 Å². The van der Waals surface area contributed by atoms with Crippen LogP contribution in [0.5, 0.6) is 0 Å². The minimum Gasteiger partial charge on any atom is -0.399 e.